The molecule has 0 N–H and O–H groups in total. The second-order valence-corrected chi connectivity index (χ2v) is 5.85. The highest BCUT2D eigenvalue weighted by atomic mass is 16.2. The summed E-state index contributed by atoms with van der Waals surface area (Å²) in [6.07, 6.45) is 2.10. The molecule has 3 aromatic rings. The maximum atomic E-state index is 13.0. The van der Waals surface area contributed by atoms with Crippen LogP contribution in [0.4, 0.5) is 5.69 Å². The second-order valence-electron chi connectivity index (χ2n) is 5.85. The molecule has 0 saturated carbocycles. The molecule has 0 fully saturated rings. The largest absolute Gasteiger partial charge is 0.345 e. The van der Waals surface area contributed by atoms with Crippen molar-refractivity contribution in [2.24, 2.45) is 0 Å². The minimum atomic E-state index is -0.0256. The zero-order valence-electron chi connectivity index (χ0n) is 11.9. The number of rotatable bonds is 0. The van der Waals surface area contributed by atoms with E-state index >= 15 is 0 Å². The number of benzene rings is 2. The Morgan fingerprint density at radius 1 is 0.909 bits per heavy atom. The summed E-state index contributed by atoms with van der Waals surface area (Å²) < 4.78 is 2.25. The summed E-state index contributed by atoms with van der Waals surface area (Å²) in [5, 5.41) is 0. The highest BCUT2D eigenvalue weighted by Gasteiger charge is 2.41. The minimum Gasteiger partial charge on any atom is -0.345 e. The van der Waals surface area contributed by atoms with Crippen LogP contribution in [0.15, 0.2) is 66.9 Å². The Balaban J connectivity index is 1.86. The van der Waals surface area contributed by atoms with Crippen molar-refractivity contribution in [3.8, 4) is 0 Å². The molecule has 1 aromatic heterocycles. The Kier molecular flexibility index (Phi) is 2.20. The molecule has 0 aliphatic carbocycles. The van der Waals surface area contributed by atoms with Crippen molar-refractivity contribution in [2.45, 2.75) is 12.6 Å². The van der Waals surface area contributed by atoms with Crippen molar-refractivity contribution in [3.05, 3.63) is 89.2 Å². The van der Waals surface area contributed by atoms with Gasteiger partial charge in [-0.05, 0) is 35.4 Å². The zero-order valence-corrected chi connectivity index (χ0v) is 11.9. The minimum absolute atomic E-state index is 0.0256. The average molecular weight is 286 g/mol. The van der Waals surface area contributed by atoms with Crippen molar-refractivity contribution >= 4 is 11.6 Å². The first-order valence-corrected chi connectivity index (χ1v) is 7.50. The first kappa shape index (κ1) is 11.8. The monoisotopic (exact) mass is 286 g/mol. The summed E-state index contributed by atoms with van der Waals surface area (Å²) in [7, 11) is 0. The van der Waals surface area contributed by atoms with Crippen molar-refractivity contribution in [1.29, 1.82) is 0 Å². The first-order valence-electron chi connectivity index (χ1n) is 7.50. The number of aromatic nitrogens is 1. The standard InChI is InChI=1S/C19H14N2O/c22-19-15-8-3-2-7-14(15)18-17-10-5-11-20(17)12-13-6-1-4-9-16(13)21(18)19/h1-11,18H,12H2. The Hall–Kier alpha value is -2.81. The Bertz CT molecular complexity index is 909. The van der Waals surface area contributed by atoms with Crippen LogP contribution in [0, 0.1) is 0 Å². The van der Waals surface area contributed by atoms with E-state index < -0.39 is 0 Å². The molecule has 3 heteroatoms. The molecular formula is C19H14N2O. The molecule has 22 heavy (non-hydrogen) atoms. The molecule has 106 valence electrons. The van der Waals surface area contributed by atoms with Crippen LogP contribution in [0.3, 0.4) is 0 Å². The van der Waals surface area contributed by atoms with Gasteiger partial charge in [0.15, 0.2) is 0 Å². The number of nitrogens with zero attached hydrogens (tertiary/aromatic N) is 2. The molecule has 0 bridgehead atoms. The molecule has 2 aromatic carbocycles. The molecule has 3 nitrogen and oxygen atoms in total. The quantitative estimate of drug-likeness (QED) is 0.620. The number of fused-ring (bicyclic) bond motifs is 7. The van der Waals surface area contributed by atoms with Gasteiger partial charge in [0.05, 0.1) is 5.69 Å². The van der Waals surface area contributed by atoms with E-state index in [0.29, 0.717) is 0 Å². The van der Waals surface area contributed by atoms with Gasteiger partial charge in [-0.25, -0.2) is 0 Å². The van der Waals surface area contributed by atoms with E-state index in [1.807, 2.05) is 35.2 Å². The van der Waals surface area contributed by atoms with Crippen molar-refractivity contribution in [1.82, 2.24) is 4.57 Å². The highest BCUT2D eigenvalue weighted by molar-refractivity contribution is 6.12. The van der Waals surface area contributed by atoms with E-state index in [4.69, 9.17) is 0 Å². The summed E-state index contributed by atoms with van der Waals surface area (Å²) in [4.78, 5) is 15.0. The van der Waals surface area contributed by atoms with Gasteiger partial charge in [-0.3, -0.25) is 9.69 Å². The van der Waals surface area contributed by atoms with Gasteiger partial charge >= 0.3 is 0 Å². The SMILES string of the molecule is O=C1c2ccccc2C2c3cccn3Cc3ccccc3N12. The fraction of sp³-hybridized carbons (Fsp3) is 0.105. The van der Waals surface area contributed by atoms with E-state index in [1.54, 1.807) is 0 Å². The first-order chi connectivity index (χ1) is 10.8. The van der Waals surface area contributed by atoms with Gasteiger partial charge in [-0.1, -0.05) is 36.4 Å². The van der Waals surface area contributed by atoms with Crippen LogP contribution in [-0.4, -0.2) is 10.5 Å². The van der Waals surface area contributed by atoms with Crippen LogP contribution >= 0.6 is 0 Å². The Morgan fingerprint density at radius 3 is 2.68 bits per heavy atom. The molecule has 1 amide bonds. The van der Waals surface area contributed by atoms with Gasteiger partial charge in [0, 0.05) is 24.0 Å². The predicted octanol–water partition coefficient (Wildman–Crippen LogP) is 3.60. The van der Waals surface area contributed by atoms with Crippen molar-refractivity contribution in [3.63, 3.8) is 0 Å². The lowest BCUT2D eigenvalue weighted by atomic mass is 10.0. The number of anilines is 1. The number of hydrogen-bond acceptors (Lipinski definition) is 1. The maximum Gasteiger partial charge on any atom is 0.259 e. The summed E-state index contributed by atoms with van der Waals surface area (Å²) in [5.74, 6) is 0.0997. The van der Waals surface area contributed by atoms with E-state index in [-0.39, 0.29) is 11.9 Å². The topological polar surface area (TPSA) is 25.2 Å². The Morgan fingerprint density at radius 2 is 1.73 bits per heavy atom. The zero-order chi connectivity index (χ0) is 14.7. The smallest absolute Gasteiger partial charge is 0.259 e. The third kappa shape index (κ3) is 1.38. The molecule has 0 spiro atoms. The van der Waals surface area contributed by atoms with E-state index in [2.05, 4.69) is 41.1 Å². The van der Waals surface area contributed by atoms with Crippen molar-refractivity contribution < 1.29 is 4.79 Å². The lowest BCUT2D eigenvalue weighted by molar-refractivity contribution is 0.0993. The summed E-state index contributed by atoms with van der Waals surface area (Å²) in [6, 6.07) is 20.3. The van der Waals surface area contributed by atoms with Crippen LogP contribution in [-0.2, 0) is 6.54 Å². The van der Waals surface area contributed by atoms with Gasteiger partial charge in [0.2, 0.25) is 0 Å². The molecule has 1 atom stereocenters. The van der Waals surface area contributed by atoms with Crippen LogP contribution < -0.4 is 4.90 Å². The molecule has 5 rings (SSSR count). The molecular weight excluding hydrogens is 272 g/mol. The molecule has 1 unspecified atom stereocenters. The lowest BCUT2D eigenvalue weighted by Gasteiger charge is -2.24. The van der Waals surface area contributed by atoms with E-state index in [1.165, 1.54) is 11.3 Å². The second kappa shape index (κ2) is 4.10. The van der Waals surface area contributed by atoms with E-state index in [0.717, 1.165) is 23.4 Å². The van der Waals surface area contributed by atoms with Gasteiger partial charge < -0.3 is 4.57 Å². The molecule has 0 saturated heterocycles. The van der Waals surface area contributed by atoms with Gasteiger partial charge in [-0.2, -0.15) is 0 Å². The lowest BCUT2D eigenvalue weighted by Crippen LogP contribution is -2.28. The highest BCUT2D eigenvalue weighted by Crippen LogP contribution is 2.44. The molecule has 3 heterocycles. The number of carbonyl (C=O) groups is 1. The average Bonchev–Trinajstić information content (AvgIpc) is 3.07. The summed E-state index contributed by atoms with van der Waals surface area (Å²) >= 11 is 0. The van der Waals surface area contributed by atoms with Gasteiger partial charge in [0.1, 0.15) is 6.04 Å². The van der Waals surface area contributed by atoms with Gasteiger partial charge in [0.25, 0.3) is 5.91 Å². The number of amides is 1. The maximum absolute atomic E-state index is 13.0. The van der Waals surface area contributed by atoms with Crippen LogP contribution in [0.5, 0.6) is 0 Å². The third-order valence-electron chi connectivity index (χ3n) is 4.70. The molecule has 2 aliphatic heterocycles. The van der Waals surface area contributed by atoms with Gasteiger partial charge in [-0.15, -0.1) is 0 Å². The number of carbonyl (C=O) groups excluding carboxylic acids is 1. The number of hydrogen-bond donors (Lipinski definition) is 0. The van der Waals surface area contributed by atoms with Crippen LogP contribution in [0.25, 0.3) is 0 Å². The molecule has 0 radical (unpaired) electrons. The number of para-hydroxylation sites is 1. The molecule has 2 aliphatic rings. The Labute approximate surface area is 128 Å². The summed E-state index contributed by atoms with van der Waals surface area (Å²) in [6.45, 7) is 0.807. The summed E-state index contributed by atoms with van der Waals surface area (Å²) in [5.41, 5.74) is 5.30. The third-order valence-corrected chi connectivity index (χ3v) is 4.70. The van der Waals surface area contributed by atoms with E-state index in [9.17, 15) is 4.79 Å². The fourth-order valence-electron chi connectivity index (χ4n) is 3.74. The van der Waals surface area contributed by atoms with Crippen LogP contribution in [0.1, 0.15) is 33.2 Å². The predicted molar refractivity (Wildman–Crippen MR) is 85.1 cm³/mol. The fourth-order valence-corrected chi connectivity index (χ4v) is 3.74. The van der Waals surface area contributed by atoms with Crippen LogP contribution in [0.2, 0.25) is 0 Å². The normalized spacial score (nSPS) is 18.3. The van der Waals surface area contributed by atoms with Crippen molar-refractivity contribution in [2.75, 3.05) is 4.90 Å².